The molecular weight excluding hydrogens is 267 g/mol. The highest BCUT2D eigenvalue weighted by Crippen LogP contribution is 2.33. The minimum atomic E-state index is -0.368. The molecule has 1 aliphatic heterocycles. The Labute approximate surface area is 112 Å². The van der Waals surface area contributed by atoms with Crippen molar-refractivity contribution in [3.8, 4) is 0 Å². The second-order valence-electron chi connectivity index (χ2n) is 4.30. The number of hydrogen-bond donors (Lipinski definition) is 0. The lowest BCUT2D eigenvalue weighted by atomic mass is 10.2. The Hall–Kier alpha value is -2.08. The molecule has 1 aliphatic rings. The predicted molar refractivity (Wildman–Crippen MR) is 70.4 cm³/mol. The summed E-state index contributed by atoms with van der Waals surface area (Å²) in [6.07, 6.45) is 0. The number of hydrogen-bond acceptors (Lipinski definition) is 4. The molecule has 0 atom stereocenters. The van der Waals surface area contributed by atoms with Gasteiger partial charge in [-0.05, 0) is 32.0 Å². The molecule has 0 saturated carbocycles. The molecule has 2 heterocycles. The fourth-order valence-corrected chi connectivity index (χ4v) is 2.89. The molecule has 0 saturated heterocycles. The number of thiazole rings is 1. The first-order valence-corrected chi connectivity index (χ1v) is 6.43. The molecule has 96 valence electrons. The molecule has 6 heteroatoms. The Kier molecular flexibility index (Phi) is 2.50. The molecule has 2 amide bonds. The van der Waals surface area contributed by atoms with E-state index in [1.807, 2.05) is 0 Å². The number of benzene rings is 1. The first-order chi connectivity index (χ1) is 8.99. The van der Waals surface area contributed by atoms with Gasteiger partial charge in [0.1, 0.15) is 5.82 Å². The smallest absolute Gasteiger partial charge is 0.263 e. The van der Waals surface area contributed by atoms with Gasteiger partial charge in [0.2, 0.25) is 5.13 Å². The lowest BCUT2D eigenvalue weighted by Gasteiger charge is -2.09. The Balaban J connectivity index is 2.11. The molecule has 0 aliphatic carbocycles. The van der Waals surface area contributed by atoms with E-state index in [1.54, 1.807) is 13.8 Å². The molecule has 1 aromatic heterocycles. The van der Waals surface area contributed by atoms with Crippen LogP contribution < -0.4 is 4.90 Å². The van der Waals surface area contributed by atoms with Crippen LogP contribution in [0.4, 0.5) is 9.52 Å². The number of halogens is 1. The summed E-state index contributed by atoms with van der Waals surface area (Å²) in [5.41, 5.74) is 1.43. The van der Waals surface area contributed by atoms with Crippen molar-refractivity contribution in [2.75, 3.05) is 4.90 Å². The Morgan fingerprint density at radius 1 is 1.16 bits per heavy atom. The third-order valence-corrected chi connectivity index (χ3v) is 4.14. The molecule has 1 aromatic carbocycles. The highest BCUT2D eigenvalue weighted by molar-refractivity contribution is 7.22. The van der Waals surface area contributed by atoms with Crippen LogP contribution in [0.1, 0.15) is 13.8 Å². The summed E-state index contributed by atoms with van der Waals surface area (Å²) in [6, 6.07) is 4.17. The molecule has 4 nitrogen and oxygen atoms in total. The topological polar surface area (TPSA) is 50.3 Å². The quantitative estimate of drug-likeness (QED) is 0.752. The minimum absolute atomic E-state index is 0.284. The van der Waals surface area contributed by atoms with E-state index in [1.165, 1.54) is 18.2 Å². The van der Waals surface area contributed by atoms with Crippen molar-refractivity contribution in [2.45, 2.75) is 13.8 Å². The average molecular weight is 276 g/mol. The molecule has 2 aromatic rings. The van der Waals surface area contributed by atoms with Gasteiger partial charge in [-0.15, -0.1) is 0 Å². The molecule has 0 bridgehead atoms. The van der Waals surface area contributed by atoms with Crippen molar-refractivity contribution in [3.05, 3.63) is 35.2 Å². The second kappa shape index (κ2) is 3.96. The Bertz CT molecular complexity index is 739. The van der Waals surface area contributed by atoms with Crippen LogP contribution >= 0.6 is 11.3 Å². The lowest BCUT2D eigenvalue weighted by molar-refractivity contribution is -0.120. The van der Waals surface area contributed by atoms with E-state index in [0.29, 0.717) is 21.4 Å². The van der Waals surface area contributed by atoms with Gasteiger partial charge in [-0.1, -0.05) is 11.3 Å². The van der Waals surface area contributed by atoms with E-state index >= 15 is 0 Å². The van der Waals surface area contributed by atoms with E-state index < -0.39 is 0 Å². The number of amides is 2. The van der Waals surface area contributed by atoms with Gasteiger partial charge in [-0.25, -0.2) is 14.3 Å². The summed E-state index contributed by atoms with van der Waals surface area (Å²) < 4.78 is 13.7. The van der Waals surface area contributed by atoms with Gasteiger partial charge in [0, 0.05) is 11.1 Å². The summed E-state index contributed by atoms with van der Waals surface area (Å²) in [7, 11) is 0. The standard InChI is InChI=1S/C13H9FN2O2S/c1-6-7(2)12(18)16(11(6)17)13-15-9-4-3-8(14)5-10(9)19-13/h3-5H,1-2H3. The van der Waals surface area contributed by atoms with Crippen LogP contribution in [-0.4, -0.2) is 16.8 Å². The van der Waals surface area contributed by atoms with Crippen LogP contribution in [0.3, 0.4) is 0 Å². The van der Waals surface area contributed by atoms with Crippen LogP contribution in [0.2, 0.25) is 0 Å². The molecular formula is C13H9FN2O2S. The molecule has 19 heavy (non-hydrogen) atoms. The molecule has 0 spiro atoms. The largest absolute Gasteiger partial charge is 0.268 e. The summed E-state index contributed by atoms with van der Waals surface area (Å²) >= 11 is 1.13. The highest BCUT2D eigenvalue weighted by Gasteiger charge is 2.36. The second-order valence-corrected chi connectivity index (χ2v) is 5.31. The summed E-state index contributed by atoms with van der Waals surface area (Å²) in [6.45, 7) is 3.23. The van der Waals surface area contributed by atoms with E-state index in [2.05, 4.69) is 4.98 Å². The normalized spacial score (nSPS) is 16.1. The van der Waals surface area contributed by atoms with Crippen molar-refractivity contribution < 1.29 is 14.0 Å². The van der Waals surface area contributed by atoms with E-state index in [-0.39, 0.29) is 22.8 Å². The number of rotatable bonds is 1. The molecule has 0 radical (unpaired) electrons. The lowest BCUT2D eigenvalue weighted by Crippen LogP contribution is -2.31. The predicted octanol–water partition coefficient (Wildman–Crippen LogP) is 2.65. The van der Waals surface area contributed by atoms with Crippen LogP contribution in [-0.2, 0) is 9.59 Å². The van der Waals surface area contributed by atoms with Gasteiger partial charge in [0.05, 0.1) is 10.2 Å². The van der Waals surface area contributed by atoms with Gasteiger partial charge in [0.15, 0.2) is 0 Å². The summed E-state index contributed by atoms with van der Waals surface area (Å²) in [4.78, 5) is 29.3. The SMILES string of the molecule is CC1=C(C)C(=O)N(c2nc3ccc(F)cc3s2)C1=O. The fraction of sp³-hybridized carbons (Fsp3) is 0.154. The average Bonchev–Trinajstić information content (AvgIpc) is 2.85. The van der Waals surface area contributed by atoms with Crippen LogP contribution in [0.5, 0.6) is 0 Å². The zero-order valence-corrected chi connectivity index (χ0v) is 11.0. The van der Waals surface area contributed by atoms with Crippen molar-refractivity contribution in [2.24, 2.45) is 0 Å². The minimum Gasteiger partial charge on any atom is -0.268 e. The van der Waals surface area contributed by atoms with E-state index in [4.69, 9.17) is 0 Å². The molecule has 0 fully saturated rings. The number of imide groups is 1. The first-order valence-electron chi connectivity index (χ1n) is 5.61. The zero-order chi connectivity index (χ0) is 13.7. The van der Waals surface area contributed by atoms with Crippen LogP contribution in [0.15, 0.2) is 29.3 Å². The van der Waals surface area contributed by atoms with Gasteiger partial charge in [-0.2, -0.15) is 0 Å². The number of nitrogens with zero attached hydrogens (tertiary/aromatic N) is 2. The maximum absolute atomic E-state index is 13.1. The van der Waals surface area contributed by atoms with Gasteiger partial charge in [-0.3, -0.25) is 9.59 Å². The summed E-state index contributed by atoms with van der Waals surface area (Å²) in [5.74, 6) is -1.09. The third kappa shape index (κ3) is 1.67. The maximum atomic E-state index is 13.1. The molecule has 0 N–H and O–H groups in total. The molecule has 3 rings (SSSR count). The van der Waals surface area contributed by atoms with Gasteiger partial charge < -0.3 is 0 Å². The Morgan fingerprint density at radius 3 is 2.42 bits per heavy atom. The maximum Gasteiger partial charge on any atom is 0.263 e. The monoisotopic (exact) mass is 276 g/mol. The number of carbonyl (C=O) groups is 2. The number of anilines is 1. The van der Waals surface area contributed by atoms with Crippen molar-refractivity contribution in [1.29, 1.82) is 0 Å². The zero-order valence-electron chi connectivity index (χ0n) is 10.2. The van der Waals surface area contributed by atoms with Crippen molar-refractivity contribution in [3.63, 3.8) is 0 Å². The number of aromatic nitrogens is 1. The van der Waals surface area contributed by atoms with Crippen molar-refractivity contribution >= 4 is 38.5 Å². The third-order valence-electron chi connectivity index (χ3n) is 3.14. The highest BCUT2D eigenvalue weighted by atomic mass is 32.1. The number of fused-ring (bicyclic) bond motifs is 1. The van der Waals surface area contributed by atoms with Gasteiger partial charge >= 0.3 is 0 Å². The first kappa shape index (κ1) is 12.0. The molecule has 0 unspecified atom stereocenters. The van der Waals surface area contributed by atoms with Crippen molar-refractivity contribution in [1.82, 2.24) is 4.98 Å². The Morgan fingerprint density at radius 2 is 1.79 bits per heavy atom. The van der Waals surface area contributed by atoms with E-state index in [9.17, 15) is 14.0 Å². The fourth-order valence-electron chi connectivity index (χ4n) is 1.90. The van der Waals surface area contributed by atoms with Crippen LogP contribution in [0, 0.1) is 5.82 Å². The number of carbonyl (C=O) groups excluding carboxylic acids is 2. The van der Waals surface area contributed by atoms with Gasteiger partial charge in [0.25, 0.3) is 11.8 Å². The van der Waals surface area contributed by atoms with Crippen LogP contribution in [0.25, 0.3) is 10.2 Å². The van der Waals surface area contributed by atoms with E-state index in [0.717, 1.165) is 16.2 Å². The summed E-state index contributed by atoms with van der Waals surface area (Å²) in [5, 5.41) is 0.284.